The van der Waals surface area contributed by atoms with E-state index >= 15 is 0 Å². The van der Waals surface area contributed by atoms with Crippen molar-refractivity contribution in [2.24, 2.45) is 0 Å². The standard InChI is InChI=1S/C32H26N2O4S/c1-21-18-22(11-14-24-8-7-17-39-24)12-15-27(21)34-30(33-26-10-6-5-9-25(26)32(34)35)16-13-23-19-28(36-2)31(38-4)29(20-23)37-3/h5-10,12-13,15-20H,1-4H3. The molecule has 5 aromatic rings. The van der Waals surface area contributed by atoms with E-state index in [-0.39, 0.29) is 5.56 Å². The summed E-state index contributed by atoms with van der Waals surface area (Å²) in [7, 11) is 4.71. The molecule has 3 aromatic carbocycles. The maximum absolute atomic E-state index is 13.8. The number of aromatic nitrogens is 2. The number of thiophene rings is 1. The minimum absolute atomic E-state index is 0.148. The highest BCUT2D eigenvalue weighted by Crippen LogP contribution is 2.38. The Hall–Kier alpha value is -4.80. The number of hydrogen-bond donors (Lipinski definition) is 0. The Morgan fingerprint density at radius 1 is 0.872 bits per heavy atom. The van der Waals surface area contributed by atoms with Crippen LogP contribution in [-0.4, -0.2) is 30.9 Å². The van der Waals surface area contributed by atoms with Gasteiger partial charge in [-0.25, -0.2) is 4.98 Å². The molecular weight excluding hydrogens is 508 g/mol. The lowest BCUT2D eigenvalue weighted by Crippen LogP contribution is -2.23. The molecule has 0 aliphatic heterocycles. The van der Waals surface area contributed by atoms with Crippen molar-refractivity contribution >= 4 is 34.4 Å². The quantitative estimate of drug-likeness (QED) is 0.238. The van der Waals surface area contributed by atoms with Crippen LogP contribution >= 0.6 is 11.3 Å². The summed E-state index contributed by atoms with van der Waals surface area (Å²) in [6.07, 6.45) is 3.69. The second kappa shape index (κ2) is 11.3. The van der Waals surface area contributed by atoms with Gasteiger partial charge in [0.05, 0.1) is 42.8 Å². The molecule has 0 saturated heterocycles. The fourth-order valence-electron chi connectivity index (χ4n) is 4.33. The molecule has 0 bridgehead atoms. The van der Waals surface area contributed by atoms with E-state index < -0.39 is 0 Å². The topological polar surface area (TPSA) is 62.6 Å². The number of fused-ring (bicyclic) bond motifs is 1. The van der Waals surface area contributed by atoms with Crippen molar-refractivity contribution in [2.45, 2.75) is 6.92 Å². The predicted octanol–water partition coefficient (Wildman–Crippen LogP) is 6.35. The molecule has 0 aliphatic carbocycles. The molecule has 0 spiro atoms. The molecule has 0 atom stereocenters. The van der Waals surface area contributed by atoms with Gasteiger partial charge in [0.15, 0.2) is 11.5 Å². The molecule has 5 rings (SSSR count). The summed E-state index contributed by atoms with van der Waals surface area (Å²) >= 11 is 1.60. The fraction of sp³-hybridized carbons (Fsp3) is 0.125. The molecule has 0 N–H and O–H groups in total. The minimum Gasteiger partial charge on any atom is -0.493 e. The van der Waals surface area contributed by atoms with Gasteiger partial charge in [-0.2, -0.15) is 0 Å². The first-order valence-corrected chi connectivity index (χ1v) is 13.1. The zero-order valence-corrected chi connectivity index (χ0v) is 22.8. The monoisotopic (exact) mass is 534 g/mol. The third-order valence-electron chi connectivity index (χ3n) is 6.20. The summed E-state index contributed by atoms with van der Waals surface area (Å²) in [6, 6.07) is 20.8. The summed E-state index contributed by atoms with van der Waals surface area (Å²) in [5.74, 6) is 8.48. The Labute approximate surface area is 230 Å². The van der Waals surface area contributed by atoms with Crippen LogP contribution < -0.4 is 19.8 Å². The maximum atomic E-state index is 13.8. The Morgan fingerprint density at radius 2 is 1.64 bits per heavy atom. The molecule has 2 heterocycles. The molecule has 0 radical (unpaired) electrons. The molecular formula is C32H26N2O4S. The molecule has 194 valence electrons. The van der Waals surface area contributed by atoms with E-state index in [2.05, 4.69) is 11.8 Å². The van der Waals surface area contributed by atoms with Crippen LogP contribution in [0.2, 0.25) is 0 Å². The molecule has 0 aliphatic rings. The lowest BCUT2D eigenvalue weighted by molar-refractivity contribution is 0.324. The SMILES string of the molecule is COc1cc(C=Cc2nc3ccccc3c(=O)n2-c2ccc(C#Cc3cccs3)cc2C)cc(OC)c1OC. The van der Waals surface area contributed by atoms with Gasteiger partial charge >= 0.3 is 0 Å². The summed E-state index contributed by atoms with van der Waals surface area (Å²) in [5.41, 5.74) is 3.81. The summed E-state index contributed by atoms with van der Waals surface area (Å²) in [6.45, 7) is 1.97. The van der Waals surface area contributed by atoms with Crippen molar-refractivity contribution in [2.75, 3.05) is 21.3 Å². The first kappa shape index (κ1) is 25.8. The van der Waals surface area contributed by atoms with Crippen LogP contribution in [0, 0.1) is 18.8 Å². The lowest BCUT2D eigenvalue weighted by Gasteiger charge is -2.15. The molecule has 6 nitrogen and oxygen atoms in total. The largest absolute Gasteiger partial charge is 0.493 e. The Balaban J connectivity index is 1.63. The third-order valence-corrected chi connectivity index (χ3v) is 6.99. The van der Waals surface area contributed by atoms with Crippen molar-refractivity contribution in [1.82, 2.24) is 9.55 Å². The Morgan fingerprint density at radius 3 is 2.31 bits per heavy atom. The highest BCUT2D eigenvalue weighted by Gasteiger charge is 2.15. The Bertz CT molecular complexity index is 1780. The lowest BCUT2D eigenvalue weighted by atomic mass is 10.1. The zero-order chi connectivity index (χ0) is 27.4. The van der Waals surface area contributed by atoms with E-state index in [1.807, 2.05) is 85.1 Å². The number of methoxy groups -OCH3 is 3. The predicted molar refractivity (Wildman–Crippen MR) is 157 cm³/mol. The van der Waals surface area contributed by atoms with Crippen molar-refractivity contribution < 1.29 is 14.2 Å². The molecule has 0 unspecified atom stereocenters. The number of hydrogen-bond acceptors (Lipinski definition) is 6. The minimum atomic E-state index is -0.148. The summed E-state index contributed by atoms with van der Waals surface area (Å²) in [4.78, 5) is 19.6. The smallest absolute Gasteiger partial charge is 0.266 e. The van der Waals surface area contributed by atoms with Gasteiger partial charge in [0.25, 0.3) is 5.56 Å². The average molecular weight is 535 g/mol. The van der Waals surface area contributed by atoms with Crippen LogP contribution in [0.4, 0.5) is 0 Å². The number of aryl methyl sites for hydroxylation is 1. The van der Waals surface area contributed by atoms with Crippen LogP contribution in [0.25, 0.3) is 28.7 Å². The maximum Gasteiger partial charge on any atom is 0.266 e. The van der Waals surface area contributed by atoms with E-state index in [0.717, 1.165) is 27.3 Å². The molecule has 39 heavy (non-hydrogen) atoms. The van der Waals surface area contributed by atoms with Gasteiger partial charge in [-0.1, -0.05) is 36.1 Å². The van der Waals surface area contributed by atoms with Crippen molar-refractivity contribution in [3.8, 4) is 34.8 Å². The second-order valence-corrected chi connectivity index (χ2v) is 9.60. The van der Waals surface area contributed by atoms with E-state index in [1.165, 1.54) is 0 Å². The van der Waals surface area contributed by atoms with Gasteiger partial charge in [-0.15, -0.1) is 11.3 Å². The number of nitrogens with zero attached hydrogens (tertiary/aromatic N) is 2. The van der Waals surface area contributed by atoms with Crippen molar-refractivity contribution in [1.29, 1.82) is 0 Å². The molecule has 0 saturated carbocycles. The molecule has 0 fully saturated rings. The number of benzene rings is 3. The van der Waals surface area contributed by atoms with Crippen LogP contribution in [0.5, 0.6) is 17.2 Å². The molecule has 7 heteroatoms. The average Bonchev–Trinajstić information content (AvgIpc) is 3.49. The normalized spacial score (nSPS) is 10.9. The van der Waals surface area contributed by atoms with Gasteiger partial charge < -0.3 is 14.2 Å². The number of para-hydroxylation sites is 1. The van der Waals surface area contributed by atoms with Gasteiger partial charge in [0, 0.05) is 5.56 Å². The third kappa shape index (κ3) is 5.28. The highest BCUT2D eigenvalue weighted by molar-refractivity contribution is 7.10. The number of ether oxygens (including phenoxy) is 3. The van der Waals surface area contributed by atoms with Gasteiger partial charge in [0.2, 0.25) is 5.75 Å². The van der Waals surface area contributed by atoms with Gasteiger partial charge in [-0.3, -0.25) is 9.36 Å². The van der Waals surface area contributed by atoms with Crippen LogP contribution in [0.15, 0.2) is 76.9 Å². The molecule has 2 aromatic heterocycles. The van der Waals surface area contributed by atoms with E-state index in [1.54, 1.807) is 43.3 Å². The Kier molecular flexibility index (Phi) is 7.48. The van der Waals surface area contributed by atoms with Crippen molar-refractivity contribution in [3.63, 3.8) is 0 Å². The van der Waals surface area contributed by atoms with Crippen LogP contribution in [-0.2, 0) is 0 Å². The fourth-order valence-corrected chi connectivity index (χ4v) is 4.90. The van der Waals surface area contributed by atoms with Crippen LogP contribution in [0.1, 0.15) is 27.4 Å². The summed E-state index contributed by atoms with van der Waals surface area (Å²) < 4.78 is 18.1. The van der Waals surface area contributed by atoms with E-state index in [0.29, 0.717) is 34.0 Å². The van der Waals surface area contributed by atoms with Crippen LogP contribution in [0.3, 0.4) is 0 Å². The number of rotatable bonds is 6. The van der Waals surface area contributed by atoms with Gasteiger partial charge in [0.1, 0.15) is 5.82 Å². The van der Waals surface area contributed by atoms with E-state index in [4.69, 9.17) is 19.2 Å². The molecule has 0 amide bonds. The van der Waals surface area contributed by atoms with Crippen molar-refractivity contribution in [3.05, 3.63) is 110 Å². The first-order valence-electron chi connectivity index (χ1n) is 12.2. The van der Waals surface area contributed by atoms with Gasteiger partial charge in [-0.05, 0) is 78.0 Å². The van der Waals surface area contributed by atoms with E-state index in [9.17, 15) is 4.79 Å². The summed E-state index contributed by atoms with van der Waals surface area (Å²) in [5, 5.41) is 2.55. The second-order valence-electron chi connectivity index (χ2n) is 8.65. The zero-order valence-electron chi connectivity index (χ0n) is 22.0. The highest BCUT2D eigenvalue weighted by atomic mass is 32.1. The first-order chi connectivity index (χ1) is 19.0.